The molecular weight excluding hydrogens is 374 g/mol. The molecule has 4 N–H and O–H groups in total. The first kappa shape index (κ1) is 20.1. The zero-order valence-electron chi connectivity index (χ0n) is 16.1. The first-order valence-electron chi connectivity index (χ1n) is 9.24. The lowest BCUT2D eigenvalue weighted by atomic mass is 10.2. The number of aromatic nitrogens is 1. The molecule has 0 amide bonds. The number of fused-ring (bicyclic) bond motifs is 1. The number of hydrogen-bond acceptors (Lipinski definition) is 7. The Hall–Kier alpha value is -3.68. The molecule has 3 rings (SSSR count). The number of pyridine rings is 1. The predicted octanol–water partition coefficient (Wildman–Crippen LogP) is 1.69. The summed E-state index contributed by atoms with van der Waals surface area (Å²) in [6.07, 6.45) is 3.79. The number of benzene rings is 1. The molecule has 0 unspecified atom stereocenters. The number of aromatic hydroxyl groups is 1. The number of nitrogens with two attached hydrogens (primary N) is 1. The smallest absolute Gasteiger partial charge is 0.379 e. The van der Waals surface area contributed by atoms with Crippen LogP contribution in [-0.4, -0.2) is 22.8 Å². The van der Waals surface area contributed by atoms with E-state index in [1.165, 1.54) is 6.07 Å². The third-order valence-electron chi connectivity index (χ3n) is 4.38. The summed E-state index contributed by atoms with van der Waals surface area (Å²) < 4.78 is 12.5. The Morgan fingerprint density at radius 3 is 2.90 bits per heavy atom. The maximum atomic E-state index is 12.0. The molecule has 29 heavy (non-hydrogen) atoms. The first-order chi connectivity index (χ1) is 14.0. The summed E-state index contributed by atoms with van der Waals surface area (Å²) in [6.45, 7) is 2.95. The van der Waals surface area contributed by atoms with E-state index in [-0.39, 0.29) is 23.5 Å². The summed E-state index contributed by atoms with van der Waals surface area (Å²) in [5.74, 6) is -0.121. The zero-order valence-corrected chi connectivity index (χ0v) is 16.1. The van der Waals surface area contributed by atoms with Crippen LogP contribution in [0.3, 0.4) is 0 Å². The minimum absolute atomic E-state index is 0.0229. The van der Waals surface area contributed by atoms with Crippen LogP contribution in [0.4, 0.5) is 0 Å². The number of para-hydroxylation sites is 1. The van der Waals surface area contributed by atoms with Gasteiger partial charge in [-0.1, -0.05) is 25.1 Å². The lowest BCUT2D eigenvalue weighted by molar-refractivity contribution is 0.330. The van der Waals surface area contributed by atoms with Crippen LogP contribution in [0.5, 0.6) is 11.5 Å². The van der Waals surface area contributed by atoms with Crippen molar-refractivity contribution >= 4 is 11.0 Å². The van der Waals surface area contributed by atoms with Crippen molar-refractivity contribution in [3.63, 3.8) is 0 Å². The Labute approximate surface area is 166 Å². The van der Waals surface area contributed by atoms with E-state index in [1.54, 1.807) is 30.6 Å². The molecule has 0 spiro atoms. The SMILES string of the molecule is CCc1c(O)c(=O)ccn1CCN/C=C(\N)COc1cc2ccccc2oc1=O. The first-order valence-corrected chi connectivity index (χ1v) is 9.24. The molecule has 3 aromatic rings. The highest BCUT2D eigenvalue weighted by Crippen LogP contribution is 2.16. The van der Waals surface area contributed by atoms with Gasteiger partial charge in [0.25, 0.3) is 0 Å². The van der Waals surface area contributed by atoms with Gasteiger partial charge in [0, 0.05) is 36.9 Å². The van der Waals surface area contributed by atoms with Crippen molar-refractivity contribution in [2.75, 3.05) is 13.2 Å². The van der Waals surface area contributed by atoms with Crippen LogP contribution in [0.15, 0.2) is 68.5 Å². The van der Waals surface area contributed by atoms with Crippen molar-refractivity contribution in [2.24, 2.45) is 5.73 Å². The van der Waals surface area contributed by atoms with Gasteiger partial charge in [0.1, 0.15) is 12.2 Å². The van der Waals surface area contributed by atoms with Gasteiger partial charge in [-0.15, -0.1) is 0 Å². The van der Waals surface area contributed by atoms with E-state index in [0.29, 0.717) is 36.5 Å². The molecule has 8 nitrogen and oxygen atoms in total. The fourth-order valence-corrected chi connectivity index (χ4v) is 2.92. The van der Waals surface area contributed by atoms with E-state index in [2.05, 4.69) is 5.32 Å². The lowest BCUT2D eigenvalue weighted by Crippen LogP contribution is -2.21. The van der Waals surface area contributed by atoms with Gasteiger partial charge in [-0.2, -0.15) is 0 Å². The van der Waals surface area contributed by atoms with Crippen molar-refractivity contribution in [3.8, 4) is 11.5 Å². The molecule has 0 aliphatic rings. The van der Waals surface area contributed by atoms with Crippen LogP contribution < -0.4 is 26.8 Å². The molecular formula is C21H23N3O5. The molecule has 8 heteroatoms. The van der Waals surface area contributed by atoms with E-state index < -0.39 is 5.63 Å². The van der Waals surface area contributed by atoms with Crippen LogP contribution >= 0.6 is 0 Å². The van der Waals surface area contributed by atoms with Crippen molar-refractivity contribution < 1.29 is 14.3 Å². The van der Waals surface area contributed by atoms with Gasteiger partial charge in [-0.3, -0.25) is 4.79 Å². The van der Waals surface area contributed by atoms with Gasteiger partial charge >= 0.3 is 5.63 Å². The molecule has 2 heterocycles. The molecule has 0 saturated carbocycles. The Morgan fingerprint density at radius 1 is 1.31 bits per heavy atom. The highest BCUT2D eigenvalue weighted by Gasteiger charge is 2.08. The third-order valence-corrected chi connectivity index (χ3v) is 4.38. The van der Waals surface area contributed by atoms with Crippen molar-refractivity contribution in [3.05, 3.63) is 80.8 Å². The summed E-state index contributed by atoms with van der Waals surface area (Å²) in [5, 5.41) is 13.7. The summed E-state index contributed by atoms with van der Waals surface area (Å²) in [5.41, 5.74) is 6.45. The highest BCUT2D eigenvalue weighted by molar-refractivity contribution is 5.77. The normalized spacial score (nSPS) is 11.6. The summed E-state index contributed by atoms with van der Waals surface area (Å²) in [6, 6.07) is 10.1. The minimum Gasteiger partial charge on any atom is -0.503 e. The van der Waals surface area contributed by atoms with Crippen LogP contribution in [0, 0.1) is 0 Å². The van der Waals surface area contributed by atoms with Gasteiger partial charge in [0.05, 0.1) is 11.4 Å². The molecule has 0 saturated heterocycles. The molecule has 0 aliphatic heterocycles. The van der Waals surface area contributed by atoms with Gasteiger partial charge in [0.2, 0.25) is 11.2 Å². The number of nitrogens with one attached hydrogen (secondary N) is 1. The highest BCUT2D eigenvalue weighted by atomic mass is 16.5. The fraction of sp³-hybridized carbons (Fsp3) is 0.238. The zero-order chi connectivity index (χ0) is 20.8. The largest absolute Gasteiger partial charge is 0.503 e. The average Bonchev–Trinajstić information content (AvgIpc) is 2.72. The molecule has 2 aromatic heterocycles. The summed E-state index contributed by atoms with van der Waals surface area (Å²) in [4.78, 5) is 23.5. The van der Waals surface area contributed by atoms with Crippen molar-refractivity contribution in [1.29, 1.82) is 0 Å². The van der Waals surface area contributed by atoms with Gasteiger partial charge < -0.3 is 29.9 Å². The topological polar surface area (TPSA) is 120 Å². The molecule has 0 fully saturated rings. The number of nitrogens with zero attached hydrogens (tertiary/aromatic N) is 1. The van der Waals surface area contributed by atoms with Gasteiger partial charge in [0.15, 0.2) is 5.75 Å². The van der Waals surface area contributed by atoms with Gasteiger partial charge in [-0.25, -0.2) is 4.79 Å². The molecule has 0 radical (unpaired) electrons. The van der Waals surface area contributed by atoms with Crippen LogP contribution in [-0.2, 0) is 13.0 Å². The summed E-state index contributed by atoms with van der Waals surface area (Å²) >= 11 is 0. The second kappa shape index (κ2) is 9.01. The maximum Gasteiger partial charge on any atom is 0.379 e. The van der Waals surface area contributed by atoms with E-state index in [9.17, 15) is 14.7 Å². The molecule has 0 atom stereocenters. The van der Waals surface area contributed by atoms with Crippen molar-refractivity contribution in [2.45, 2.75) is 19.9 Å². The van der Waals surface area contributed by atoms with Crippen LogP contribution in [0.1, 0.15) is 12.6 Å². The fourth-order valence-electron chi connectivity index (χ4n) is 2.92. The Balaban J connectivity index is 1.55. The predicted molar refractivity (Wildman–Crippen MR) is 110 cm³/mol. The molecule has 1 aromatic carbocycles. The van der Waals surface area contributed by atoms with Crippen LogP contribution in [0.2, 0.25) is 0 Å². The Bertz CT molecular complexity index is 1150. The van der Waals surface area contributed by atoms with E-state index in [4.69, 9.17) is 14.9 Å². The maximum absolute atomic E-state index is 12.0. The van der Waals surface area contributed by atoms with E-state index >= 15 is 0 Å². The number of rotatable bonds is 8. The van der Waals surface area contributed by atoms with E-state index in [1.807, 2.05) is 23.6 Å². The average molecular weight is 397 g/mol. The monoisotopic (exact) mass is 397 g/mol. The number of ether oxygens (including phenoxy) is 1. The summed E-state index contributed by atoms with van der Waals surface area (Å²) in [7, 11) is 0. The number of hydrogen-bond donors (Lipinski definition) is 3. The Kier molecular flexibility index (Phi) is 6.23. The quantitative estimate of drug-likeness (QED) is 0.391. The third kappa shape index (κ3) is 4.78. The molecule has 152 valence electrons. The van der Waals surface area contributed by atoms with Gasteiger partial charge in [-0.05, 0) is 18.6 Å². The standard InChI is InChI=1S/C21H23N3O5/c1-2-16-20(26)17(25)7-9-24(16)10-8-23-12-15(22)13-28-19-11-14-5-3-4-6-18(14)29-21(19)27/h3-7,9,11-12,23,26H,2,8,10,13,22H2,1H3/b15-12-. The molecule has 0 bridgehead atoms. The van der Waals surface area contributed by atoms with E-state index in [0.717, 1.165) is 5.39 Å². The Morgan fingerprint density at radius 2 is 2.10 bits per heavy atom. The van der Waals surface area contributed by atoms with Crippen molar-refractivity contribution in [1.82, 2.24) is 9.88 Å². The lowest BCUT2D eigenvalue weighted by Gasteiger charge is -2.13. The molecule has 0 aliphatic carbocycles. The minimum atomic E-state index is -0.561. The second-order valence-corrected chi connectivity index (χ2v) is 6.42. The second-order valence-electron chi connectivity index (χ2n) is 6.42. The van der Waals surface area contributed by atoms with Crippen LogP contribution in [0.25, 0.3) is 11.0 Å².